The Hall–Kier alpha value is -0.650. The number of hydrogen-bond acceptors (Lipinski definition) is 3. The summed E-state index contributed by atoms with van der Waals surface area (Å²) in [4.78, 5) is 17.3. The van der Waals surface area contributed by atoms with Gasteiger partial charge in [-0.05, 0) is 22.0 Å². The predicted octanol–water partition coefficient (Wildman–Crippen LogP) is 1.68. The molecule has 1 aromatic heterocycles. The van der Waals surface area contributed by atoms with Crippen LogP contribution in [0.5, 0.6) is 0 Å². The van der Waals surface area contributed by atoms with Crippen molar-refractivity contribution >= 4 is 39.3 Å². The van der Waals surface area contributed by atoms with Gasteiger partial charge < -0.3 is 5.11 Å². The molecular weight excluding hydrogens is 295 g/mol. The van der Waals surface area contributed by atoms with E-state index in [-0.39, 0.29) is 17.9 Å². The molecule has 2 rings (SSSR count). The molecule has 1 atom stereocenters. The van der Waals surface area contributed by atoms with Crippen molar-refractivity contribution in [1.29, 1.82) is 0 Å². The molecule has 4 nitrogen and oxygen atoms in total. The summed E-state index contributed by atoms with van der Waals surface area (Å²) in [5, 5.41) is 9.05. The van der Waals surface area contributed by atoms with Crippen molar-refractivity contribution in [3.63, 3.8) is 0 Å². The third-order valence-corrected chi connectivity index (χ3v) is 3.14. The number of halogens is 2. The molecule has 1 unspecified atom stereocenters. The van der Waals surface area contributed by atoms with Crippen LogP contribution in [0.15, 0.2) is 16.7 Å². The highest BCUT2D eigenvalue weighted by Crippen LogP contribution is 2.27. The van der Waals surface area contributed by atoms with Crippen LogP contribution in [0.1, 0.15) is 12.0 Å². The van der Waals surface area contributed by atoms with Crippen LogP contribution < -0.4 is 4.90 Å². The number of aliphatic hydroxyl groups excluding tert-OH is 1. The summed E-state index contributed by atoms with van der Waals surface area (Å²) in [5.41, 5.74) is 0.619. The van der Waals surface area contributed by atoms with Gasteiger partial charge in [0.1, 0.15) is 5.82 Å². The van der Waals surface area contributed by atoms with Gasteiger partial charge in [0.2, 0.25) is 5.91 Å². The van der Waals surface area contributed by atoms with Crippen molar-refractivity contribution in [3.8, 4) is 0 Å². The summed E-state index contributed by atoms with van der Waals surface area (Å²) >= 11 is 9.19. The van der Waals surface area contributed by atoms with Crippen molar-refractivity contribution in [2.45, 2.75) is 18.4 Å². The molecule has 1 amide bonds. The highest BCUT2D eigenvalue weighted by Gasteiger charge is 2.31. The quantitative estimate of drug-likeness (QED) is 0.846. The Balaban J connectivity index is 2.36. The predicted molar refractivity (Wildman–Crippen MR) is 64.5 cm³/mol. The number of hydrogen-bond donors (Lipinski definition) is 1. The maximum Gasteiger partial charge on any atom is 0.229 e. The summed E-state index contributed by atoms with van der Waals surface area (Å²) in [7, 11) is 0. The lowest BCUT2D eigenvalue weighted by Gasteiger charge is -2.17. The van der Waals surface area contributed by atoms with Crippen LogP contribution >= 0.6 is 27.5 Å². The number of rotatable bonds is 2. The summed E-state index contributed by atoms with van der Waals surface area (Å²) in [6.45, 7) is 0.292. The van der Waals surface area contributed by atoms with Gasteiger partial charge >= 0.3 is 0 Å². The molecular formula is C10H10BrClN2O2. The minimum Gasteiger partial charge on any atom is -0.392 e. The molecule has 0 aromatic carbocycles. The molecule has 86 valence electrons. The second-order valence-electron chi connectivity index (χ2n) is 3.60. The average Bonchev–Trinajstić information content (AvgIpc) is 2.57. The molecule has 1 aromatic rings. The fraction of sp³-hybridized carbons (Fsp3) is 0.400. The number of aliphatic hydroxyl groups is 1. The van der Waals surface area contributed by atoms with Crippen molar-refractivity contribution in [3.05, 3.63) is 22.3 Å². The Kier molecular flexibility index (Phi) is 3.47. The van der Waals surface area contributed by atoms with Gasteiger partial charge in [-0.1, -0.05) is 0 Å². The summed E-state index contributed by atoms with van der Waals surface area (Å²) < 4.78 is 0.773. The Labute approximate surface area is 106 Å². The standard InChI is InChI=1S/C10H10BrClN2O2/c11-7-1-6(5-15)10(13-3-7)14-4-8(12)2-9(14)16/h1,3,8,15H,2,4-5H2. The van der Waals surface area contributed by atoms with Crippen LogP contribution in [0, 0.1) is 0 Å². The lowest BCUT2D eigenvalue weighted by molar-refractivity contribution is -0.117. The molecule has 1 aliphatic heterocycles. The Bertz CT molecular complexity index is 427. The fourth-order valence-electron chi connectivity index (χ4n) is 1.70. The van der Waals surface area contributed by atoms with E-state index >= 15 is 0 Å². The third kappa shape index (κ3) is 2.21. The first-order valence-corrected chi connectivity index (χ1v) is 6.04. The SMILES string of the molecule is O=C1CC(Cl)CN1c1ncc(Br)cc1CO. The summed E-state index contributed by atoms with van der Waals surface area (Å²) in [6.07, 6.45) is 1.92. The minimum atomic E-state index is -0.176. The molecule has 0 saturated carbocycles. The van der Waals surface area contributed by atoms with Gasteiger partial charge in [-0.3, -0.25) is 9.69 Å². The maximum absolute atomic E-state index is 11.6. The van der Waals surface area contributed by atoms with Gasteiger partial charge in [0.05, 0.1) is 12.0 Å². The van der Waals surface area contributed by atoms with Gasteiger partial charge in [-0.15, -0.1) is 11.6 Å². The number of anilines is 1. The second kappa shape index (κ2) is 4.69. The third-order valence-electron chi connectivity index (χ3n) is 2.41. The number of amides is 1. The number of carbonyl (C=O) groups excluding carboxylic acids is 1. The number of nitrogens with zero attached hydrogens (tertiary/aromatic N) is 2. The van der Waals surface area contributed by atoms with Crippen LogP contribution in [-0.2, 0) is 11.4 Å². The van der Waals surface area contributed by atoms with E-state index in [1.54, 1.807) is 12.3 Å². The largest absolute Gasteiger partial charge is 0.392 e. The van der Waals surface area contributed by atoms with Crippen molar-refractivity contribution in [2.75, 3.05) is 11.4 Å². The lowest BCUT2D eigenvalue weighted by Crippen LogP contribution is -2.26. The molecule has 6 heteroatoms. The summed E-state index contributed by atoms with van der Waals surface area (Å²) in [6, 6.07) is 1.75. The van der Waals surface area contributed by atoms with Gasteiger partial charge in [0, 0.05) is 29.2 Å². The average molecular weight is 306 g/mol. The van der Waals surface area contributed by atoms with E-state index in [0.717, 1.165) is 4.47 Å². The molecule has 1 saturated heterocycles. The molecule has 0 aliphatic carbocycles. The Morgan fingerprint density at radius 1 is 1.69 bits per heavy atom. The molecule has 1 aliphatic rings. The number of pyridine rings is 1. The monoisotopic (exact) mass is 304 g/mol. The zero-order valence-corrected chi connectivity index (χ0v) is 10.7. The van der Waals surface area contributed by atoms with Crippen molar-refractivity contribution in [1.82, 2.24) is 4.98 Å². The van der Waals surface area contributed by atoms with Gasteiger partial charge in [-0.25, -0.2) is 4.98 Å². The molecule has 1 N–H and O–H groups in total. The fourth-order valence-corrected chi connectivity index (χ4v) is 2.35. The Morgan fingerprint density at radius 3 is 3.00 bits per heavy atom. The number of carbonyl (C=O) groups is 1. The van der Waals surface area contributed by atoms with E-state index in [2.05, 4.69) is 20.9 Å². The molecule has 1 fully saturated rings. The zero-order chi connectivity index (χ0) is 11.7. The highest BCUT2D eigenvalue weighted by atomic mass is 79.9. The first kappa shape index (κ1) is 11.8. The second-order valence-corrected chi connectivity index (χ2v) is 5.13. The molecule has 16 heavy (non-hydrogen) atoms. The lowest BCUT2D eigenvalue weighted by atomic mass is 10.2. The van der Waals surface area contributed by atoms with Gasteiger partial charge in [0.15, 0.2) is 0 Å². The Morgan fingerprint density at radius 2 is 2.44 bits per heavy atom. The molecule has 0 spiro atoms. The van der Waals surface area contributed by atoms with Gasteiger partial charge in [0.25, 0.3) is 0 Å². The van der Waals surface area contributed by atoms with Crippen LogP contribution in [0.2, 0.25) is 0 Å². The first-order valence-electron chi connectivity index (χ1n) is 4.81. The van der Waals surface area contributed by atoms with E-state index in [4.69, 9.17) is 11.6 Å². The number of aromatic nitrogens is 1. The van der Waals surface area contributed by atoms with E-state index in [9.17, 15) is 9.90 Å². The van der Waals surface area contributed by atoms with E-state index in [1.165, 1.54) is 4.90 Å². The molecule has 2 heterocycles. The van der Waals surface area contributed by atoms with Crippen molar-refractivity contribution < 1.29 is 9.90 Å². The maximum atomic E-state index is 11.6. The molecule has 0 bridgehead atoms. The van der Waals surface area contributed by atoms with E-state index < -0.39 is 0 Å². The van der Waals surface area contributed by atoms with E-state index in [0.29, 0.717) is 24.3 Å². The van der Waals surface area contributed by atoms with Crippen LogP contribution in [0.4, 0.5) is 5.82 Å². The normalized spacial score (nSPS) is 20.6. The highest BCUT2D eigenvalue weighted by molar-refractivity contribution is 9.10. The van der Waals surface area contributed by atoms with Crippen LogP contribution in [0.3, 0.4) is 0 Å². The number of alkyl halides is 1. The summed E-state index contributed by atoms with van der Waals surface area (Å²) in [5.74, 6) is 0.448. The van der Waals surface area contributed by atoms with E-state index in [1.807, 2.05) is 0 Å². The topological polar surface area (TPSA) is 53.4 Å². The van der Waals surface area contributed by atoms with Crippen LogP contribution in [0.25, 0.3) is 0 Å². The molecule has 0 radical (unpaired) electrons. The van der Waals surface area contributed by atoms with Crippen LogP contribution in [-0.4, -0.2) is 27.9 Å². The minimum absolute atomic E-state index is 0.0514. The first-order chi connectivity index (χ1) is 7.61. The zero-order valence-electron chi connectivity index (χ0n) is 8.36. The smallest absolute Gasteiger partial charge is 0.229 e. The van der Waals surface area contributed by atoms with Crippen molar-refractivity contribution in [2.24, 2.45) is 0 Å². The van der Waals surface area contributed by atoms with Gasteiger partial charge in [-0.2, -0.15) is 0 Å².